The van der Waals surface area contributed by atoms with Gasteiger partial charge in [-0.25, -0.2) is 9.97 Å². The quantitative estimate of drug-likeness (QED) is 0.436. The van der Waals surface area contributed by atoms with Crippen LogP contribution in [0.1, 0.15) is 29.2 Å². The molecule has 0 amide bonds. The number of benzene rings is 2. The van der Waals surface area contributed by atoms with Crippen molar-refractivity contribution < 1.29 is 9.15 Å². The summed E-state index contributed by atoms with van der Waals surface area (Å²) in [7, 11) is 0. The standard InChI is InChI=1S/C25H21N5O2/c26-24-22-21(20-7-3-14-31-20)19-9-8-17-5-1-2-6-18(17)23(19)32-25(22)28-16-30(24)12-4-11-29-13-10-27-15-29/h1-3,5-10,13-16,21,26H,4,11-12H2/t21-/m0/s1. The van der Waals surface area contributed by atoms with Gasteiger partial charge >= 0.3 is 0 Å². The molecule has 0 aliphatic carbocycles. The van der Waals surface area contributed by atoms with Gasteiger partial charge in [0.05, 0.1) is 24.1 Å². The first-order valence-corrected chi connectivity index (χ1v) is 10.6. The molecule has 0 fully saturated rings. The van der Waals surface area contributed by atoms with Gasteiger partial charge in [-0.2, -0.15) is 0 Å². The van der Waals surface area contributed by atoms with Crippen molar-refractivity contribution >= 4 is 10.8 Å². The maximum Gasteiger partial charge on any atom is 0.228 e. The molecular weight excluding hydrogens is 402 g/mol. The Balaban J connectivity index is 1.45. The number of nitrogens with one attached hydrogen (secondary N) is 1. The minimum absolute atomic E-state index is 0.255. The van der Waals surface area contributed by atoms with E-state index in [1.165, 1.54) is 0 Å². The highest BCUT2D eigenvalue weighted by atomic mass is 16.5. The molecule has 0 radical (unpaired) electrons. The van der Waals surface area contributed by atoms with Gasteiger partial charge in [0.1, 0.15) is 23.3 Å². The van der Waals surface area contributed by atoms with E-state index in [0.717, 1.165) is 46.4 Å². The number of fused-ring (bicyclic) bond motifs is 4. The summed E-state index contributed by atoms with van der Waals surface area (Å²) in [4.78, 5) is 8.71. The number of ether oxygens (including phenoxy) is 1. The van der Waals surface area contributed by atoms with Gasteiger partial charge in [0.2, 0.25) is 5.88 Å². The molecule has 0 saturated carbocycles. The van der Waals surface area contributed by atoms with E-state index < -0.39 is 0 Å². The monoisotopic (exact) mass is 423 g/mol. The first-order chi connectivity index (χ1) is 15.8. The molecule has 32 heavy (non-hydrogen) atoms. The lowest BCUT2D eigenvalue weighted by molar-refractivity contribution is 0.408. The van der Waals surface area contributed by atoms with Crippen LogP contribution in [0.25, 0.3) is 10.8 Å². The van der Waals surface area contributed by atoms with Crippen molar-refractivity contribution in [2.45, 2.75) is 25.4 Å². The minimum Gasteiger partial charge on any atom is -0.468 e. The molecule has 6 rings (SSSR count). The number of furan rings is 1. The Labute approximate surface area is 184 Å². The normalized spacial score (nSPS) is 14.7. The number of aromatic nitrogens is 4. The molecule has 1 aliphatic rings. The zero-order chi connectivity index (χ0) is 21.5. The number of rotatable bonds is 5. The second-order valence-corrected chi connectivity index (χ2v) is 7.92. The number of nitrogens with zero attached hydrogens (tertiary/aromatic N) is 4. The van der Waals surface area contributed by atoms with Crippen molar-refractivity contribution in [3.63, 3.8) is 0 Å². The van der Waals surface area contributed by atoms with Gasteiger partial charge in [-0.1, -0.05) is 36.4 Å². The summed E-state index contributed by atoms with van der Waals surface area (Å²) in [5.41, 5.74) is 2.10. The van der Waals surface area contributed by atoms with Crippen LogP contribution in [-0.4, -0.2) is 19.1 Å². The molecule has 3 aromatic heterocycles. The lowest BCUT2D eigenvalue weighted by Gasteiger charge is -2.28. The second-order valence-electron chi connectivity index (χ2n) is 7.92. The highest BCUT2D eigenvalue weighted by molar-refractivity contribution is 5.91. The molecular formula is C25H21N5O2. The Bertz CT molecular complexity index is 1450. The van der Waals surface area contributed by atoms with Gasteiger partial charge in [-0.15, -0.1) is 0 Å². The van der Waals surface area contributed by atoms with Gasteiger partial charge < -0.3 is 18.3 Å². The van der Waals surface area contributed by atoms with Gasteiger partial charge in [0, 0.05) is 36.4 Å². The SMILES string of the molecule is N=c1c2c(ncn1CCCn1ccnc1)Oc1c(ccc3ccccc13)[C@H]2c1ccco1. The van der Waals surface area contributed by atoms with E-state index in [-0.39, 0.29) is 5.92 Å². The summed E-state index contributed by atoms with van der Waals surface area (Å²) >= 11 is 0. The number of aryl methyl sites for hydroxylation is 2. The number of imidazole rings is 1. The van der Waals surface area contributed by atoms with Crippen LogP contribution in [0.15, 0.2) is 84.3 Å². The predicted molar refractivity (Wildman–Crippen MR) is 119 cm³/mol. The minimum atomic E-state index is -0.255. The average molecular weight is 423 g/mol. The molecule has 1 N–H and O–H groups in total. The predicted octanol–water partition coefficient (Wildman–Crippen LogP) is 4.68. The zero-order valence-corrected chi connectivity index (χ0v) is 17.3. The molecule has 0 bridgehead atoms. The fraction of sp³-hybridized carbons (Fsp3) is 0.160. The molecule has 158 valence electrons. The molecule has 4 heterocycles. The second kappa shape index (κ2) is 7.53. The summed E-state index contributed by atoms with van der Waals surface area (Å²) in [5, 5.41) is 11.1. The van der Waals surface area contributed by atoms with Gasteiger partial charge in [0.15, 0.2) is 0 Å². The Hall–Kier alpha value is -4.13. The Morgan fingerprint density at radius 2 is 1.94 bits per heavy atom. The number of hydrogen-bond acceptors (Lipinski definition) is 5. The third kappa shape index (κ3) is 3.01. The average Bonchev–Trinajstić information content (AvgIpc) is 3.54. The van der Waals surface area contributed by atoms with E-state index in [4.69, 9.17) is 14.6 Å². The molecule has 7 heteroatoms. The molecule has 7 nitrogen and oxygen atoms in total. The van der Waals surface area contributed by atoms with E-state index in [0.29, 0.717) is 17.9 Å². The lowest BCUT2D eigenvalue weighted by Crippen LogP contribution is -2.30. The van der Waals surface area contributed by atoms with Gasteiger partial charge in [0.25, 0.3) is 0 Å². The van der Waals surface area contributed by atoms with E-state index >= 15 is 0 Å². The smallest absolute Gasteiger partial charge is 0.228 e. The van der Waals surface area contributed by atoms with E-state index in [9.17, 15) is 0 Å². The summed E-state index contributed by atoms with van der Waals surface area (Å²) in [6, 6.07) is 16.1. The Morgan fingerprint density at radius 1 is 1.00 bits per heavy atom. The maximum absolute atomic E-state index is 9.00. The van der Waals surface area contributed by atoms with Crippen LogP contribution in [-0.2, 0) is 13.1 Å². The Kier molecular flexibility index (Phi) is 4.38. The lowest BCUT2D eigenvalue weighted by atomic mass is 9.86. The number of hydrogen-bond donors (Lipinski definition) is 1. The highest BCUT2D eigenvalue weighted by Gasteiger charge is 2.34. The van der Waals surface area contributed by atoms with E-state index in [1.807, 2.05) is 39.6 Å². The highest BCUT2D eigenvalue weighted by Crippen LogP contribution is 2.47. The van der Waals surface area contributed by atoms with Crippen LogP contribution in [0.4, 0.5) is 0 Å². The molecule has 1 atom stereocenters. The zero-order valence-electron chi connectivity index (χ0n) is 17.3. The Morgan fingerprint density at radius 3 is 2.78 bits per heavy atom. The van der Waals surface area contributed by atoms with Crippen LogP contribution in [0.2, 0.25) is 0 Å². The molecule has 0 saturated heterocycles. The summed E-state index contributed by atoms with van der Waals surface area (Å²) in [5.74, 6) is 1.76. The maximum atomic E-state index is 9.00. The molecule has 0 spiro atoms. The third-order valence-electron chi connectivity index (χ3n) is 6.00. The fourth-order valence-corrected chi connectivity index (χ4v) is 4.46. The van der Waals surface area contributed by atoms with Crippen LogP contribution in [0.5, 0.6) is 11.6 Å². The fourth-order valence-electron chi connectivity index (χ4n) is 4.46. The van der Waals surface area contributed by atoms with Gasteiger partial charge in [-0.05, 0) is 23.9 Å². The van der Waals surface area contributed by atoms with Crippen molar-refractivity contribution in [3.05, 3.63) is 102 Å². The van der Waals surface area contributed by atoms with Crippen molar-refractivity contribution in [1.82, 2.24) is 19.1 Å². The van der Waals surface area contributed by atoms with Crippen molar-refractivity contribution in [2.75, 3.05) is 0 Å². The molecule has 1 aliphatic heterocycles. The molecule has 2 aromatic carbocycles. The first kappa shape index (κ1) is 18.6. The summed E-state index contributed by atoms with van der Waals surface area (Å²) < 4.78 is 16.1. The van der Waals surface area contributed by atoms with Crippen molar-refractivity contribution in [1.29, 1.82) is 5.41 Å². The van der Waals surface area contributed by atoms with E-state index in [1.54, 1.807) is 25.1 Å². The van der Waals surface area contributed by atoms with Crippen LogP contribution >= 0.6 is 0 Å². The van der Waals surface area contributed by atoms with Gasteiger partial charge in [-0.3, -0.25) is 5.41 Å². The molecule has 5 aromatic rings. The topological polar surface area (TPSA) is 81.9 Å². The largest absolute Gasteiger partial charge is 0.468 e. The van der Waals surface area contributed by atoms with Crippen LogP contribution in [0, 0.1) is 5.41 Å². The molecule has 0 unspecified atom stereocenters. The van der Waals surface area contributed by atoms with E-state index in [2.05, 4.69) is 34.2 Å². The van der Waals surface area contributed by atoms with Crippen molar-refractivity contribution in [3.8, 4) is 11.6 Å². The third-order valence-corrected chi connectivity index (χ3v) is 6.00. The van der Waals surface area contributed by atoms with Crippen molar-refractivity contribution in [2.24, 2.45) is 0 Å². The summed E-state index contributed by atoms with van der Waals surface area (Å²) in [6.07, 6.45) is 9.75. The van der Waals surface area contributed by atoms with Crippen LogP contribution in [0.3, 0.4) is 0 Å². The first-order valence-electron chi connectivity index (χ1n) is 10.6. The summed E-state index contributed by atoms with van der Waals surface area (Å²) in [6.45, 7) is 1.50. The van der Waals surface area contributed by atoms with Crippen LogP contribution < -0.4 is 10.2 Å².